The largest absolute Gasteiger partial charge is 0.465 e. The molecule has 0 atom stereocenters. The number of esters is 2. The van der Waals surface area contributed by atoms with Crippen molar-refractivity contribution < 1.29 is 19.1 Å². The number of carbonyl (C=O) groups is 2. The highest BCUT2D eigenvalue weighted by Crippen LogP contribution is 2.20. The summed E-state index contributed by atoms with van der Waals surface area (Å²) in [7, 11) is 0. The minimum atomic E-state index is -0.328. The molecule has 0 aliphatic rings. The molecule has 110 valence electrons. The number of nitrogens with zero attached hydrogens (tertiary/aromatic N) is 2. The van der Waals surface area contributed by atoms with Gasteiger partial charge in [0.05, 0.1) is 24.6 Å². The van der Waals surface area contributed by atoms with Crippen molar-refractivity contribution in [2.45, 2.75) is 26.7 Å². The first-order valence-electron chi connectivity index (χ1n) is 5.87. The maximum absolute atomic E-state index is 10.7. The highest BCUT2D eigenvalue weighted by molar-refractivity contribution is 9.10. The van der Waals surface area contributed by atoms with Crippen molar-refractivity contribution in [3.05, 3.63) is 20.6 Å². The Hall–Kier alpha value is -1.02. The van der Waals surface area contributed by atoms with Gasteiger partial charge in [0.15, 0.2) is 0 Å². The van der Waals surface area contributed by atoms with Crippen molar-refractivity contribution in [3.63, 3.8) is 0 Å². The molecule has 0 aromatic carbocycles. The Morgan fingerprint density at radius 1 is 0.900 bits per heavy atom. The van der Waals surface area contributed by atoms with E-state index in [9.17, 15) is 9.59 Å². The lowest BCUT2D eigenvalue weighted by molar-refractivity contribution is -0.141. The van der Waals surface area contributed by atoms with E-state index in [2.05, 4.69) is 41.8 Å². The highest BCUT2D eigenvalue weighted by atomic mass is 79.9. The second-order valence-electron chi connectivity index (χ2n) is 3.88. The molecule has 0 fully saturated rings. The van der Waals surface area contributed by atoms with Crippen molar-refractivity contribution in [2.24, 2.45) is 0 Å². The Bertz CT molecular complexity index is 463. The van der Waals surface area contributed by atoms with Gasteiger partial charge in [-0.05, 0) is 31.9 Å². The maximum Gasteiger partial charge on any atom is 0.302 e. The van der Waals surface area contributed by atoms with E-state index in [1.54, 1.807) is 0 Å². The predicted molar refractivity (Wildman–Crippen MR) is 78.1 cm³/mol. The first-order chi connectivity index (χ1) is 9.40. The van der Waals surface area contributed by atoms with Crippen molar-refractivity contribution >= 4 is 43.8 Å². The number of hydrogen-bond donors (Lipinski definition) is 0. The lowest BCUT2D eigenvalue weighted by Crippen LogP contribution is -2.09. The Morgan fingerprint density at radius 3 is 1.55 bits per heavy atom. The lowest BCUT2D eigenvalue weighted by Gasteiger charge is -2.08. The van der Waals surface area contributed by atoms with Gasteiger partial charge in [0.1, 0.15) is 9.21 Å². The number of carbonyl (C=O) groups excluding carboxylic acids is 2. The molecule has 20 heavy (non-hydrogen) atoms. The average molecular weight is 410 g/mol. The summed E-state index contributed by atoms with van der Waals surface area (Å²) < 4.78 is 10.9. The standard InChI is InChI=1S/C12H14Br2N2O4/c1-7(17)19-5-3-9-11(13)16-10(12(14)15-9)4-6-20-8(2)18/h3-6H2,1-2H3. The quantitative estimate of drug-likeness (QED) is 0.670. The van der Waals surface area contributed by atoms with Gasteiger partial charge in [0.2, 0.25) is 0 Å². The summed E-state index contributed by atoms with van der Waals surface area (Å²) in [5.74, 6) is -0.655. The van der Waals surface area contributed by atoms with Gasteiger partial charge in [-0.1, -0.05) is 0 Å². The van der Waals surface area contributed by atoms with E-state index in [0.29, 0.717) is 33.4 Å². The molecule has 0 saturated heterocycles. The summed E-state index contributed by atoms with van der Waals surface area (Å²) in [4.78, 5) is 30.1. The summed E-state index contributed by atoms with van der Waals surface area (Å²) in [5, 5.41) is 0. The van der Waals surface area contributed by atoms with Crippen LogP contribution >= 0.6 is 31.9 Å². The zero-order valence-corrected chi connectivity index (χ0v) is 14.3. The molecule has 1 rings (SSSR count). The molecule has 1 aromatic heterocycles. The van der Waals surface area contributed by atoms with Crippen LogP contribution in [0.1, 0.15) is 25.2 Å². The maximum atomic E-state index is 10.7. The number of halogens is 2. The topological polar surface area (TPSA) is 78.4 Å². The van der Waals surface area contributed by atoms with Crippen LogP contribution in [0.5, 0.6) is 0 Å². The molecule has 8 heteroatoms. The predicted octanol–water partition coefficient (Wildman–Crippen LogP) is 2.21. The van der Waals surface area contributed by atoms with Crippen molar-refractivity contribution in [1.29, 1.82) is 0 Å². The second-order valence-corrected chi connectivity index (χ2v) is 5.38. The molecule has 0 unspecified atom stereocenters. The fraction of sp³-hybridized carbons (Fsp3) is 0.500. The van der Waals surface area contributed by atoms with Crippen LogP contribution in [0.15, 0.2) is 9.21 Å². The third-order valence-electron chi connectivity index (χ3n) is 2.23. The van der Waals surface area contributed by atoms with Crippen LogP contribution in [-0.4, -0.2) is 35.1 Å². The van der Waals surface area contributed by atoms with Crippen LogP contribution in [-0.2, 0) is 31.9 Å². The van der Waals surface area contributed by atoms with Crippen LogP contribution in [0.4, 0.5) is 0 Å². The Morgan fingerprint density at radius 2 is 1.25 bits per heavy atom. The van der Waals surface area contributed by atoms with E-state index in [1.807, 2.05) is 0 Å². The van der Waals surface area contributed by atoms with Gasteiger partial charge in [-0.3, -0.25) is 9.59 Å². The van der Waals surface area contributed by atoms with Crippen molar-refractivity contribution in [3.8, 4) is 0 Å². The van der Waals surface area contributed by atoms with E-state index in [-0.39, 0.29) is 25.2 Å². The third kappa shape index (κ3) is 5.96. The summed E-state index contributed by atoms with van der Waals surface area (Å²) >= 11 is 6.65. The zero-order valence-electron chi connectivity index (χ0n) is 11.1. The van der Waals surface area contributed by atoms with Gasteiger partial charge in [-0.2, -0.15) is 0 Å². The van der Waals surface area contributed by atoms with E-state index in [4.69, 9.17) is 9.47 Å². The third-order valence-corrected chi connectivity index (χ3v) is 3.50. The molecule has 1 heterocycles. The van der Waals surface area contributed by atoms with Crippen LogP contribution in [0.2, 0.25) is 0 Å². The van der Waals surface area contributed by atoms with E-state index in [1.165, 1.54) is 13.8 Å². The molecule has 0 radical (unpaired) electrons. The zero-order chi connectivity index (χ0) is 15.1. The van der Waals surface area contributed by atoms with Crippen molar-refractivity contribution in [2.75, 3.05) is 13.2 Å². The highest BCUT2D eigenvalue weighted by Gasteiger charge is 2.11. The van der Waals surface area contributed by atoms with Crippen LogP contribution in [0.3, 0.4) is 0 Å². The van der Waals surface area contributed by atoms with Crippen LogP contribution < -0.4 is 0 Å². The Labute approximate surface area is 133 Å². The van der Waals surface area contributed by atoms with Crippen LogP contribution in [0, 0.1) is 0 Å². The molecule has 0 spiro atoms. The number of rotatable bonds is 6. The molecule has 0 amide bonds. The van der Waals surface area contributed by atoms with Gasteiger partial charge in [-0.15, -0.1) is 0 Å². The molecule has 6 nitrogen and oxygen atoms in total. The molecule has 0 aliphatic carbocycles. The monoisotopic (exact) mass is 408 g/mol. The smallest absolute Gasteiger partial charge is 0.302 e. The SMILES string of the molecule is CC(=O)OCCc1nc(Br)c(CCOC(C)=O)nc1Br. The molecular formula is C12H14Br2N2O4. The van der Waals surface area contributed by atoms with Crippen LogP contribution in [0.25, 0.3) is 0 Å². The van der Waals surface area contributed by atoms with Crippen molar-refractivity contribution in [1.82, 2.24) is 9.97 Å². The Kier molecular flexibility index (Phi) is 7.08. The average Bonchev–Trinajstić information content (AvgIpc) is 2.33. The first kappa shape index (κ1) is 17.0. The minimum absolute atomic E-state index is 0.252. The molecule has 0 saturated carbocycles. The first-order valence-corrected chi connectivity index (χ1v) is 7.46. The number of ether oxygens (including phenoxy) is 2. The molecule has 1 aromatic rings. The second kappa shape index (κ2) is 8.31. The summed E-state index contributed by atoms with van der Waals surface area (Å²) in [5.41, 5.74) is 1.38. The molecule has 0 N–H and O–H groups in total. The normalized spacial score (nSPS) is 10.2. The number of hydrogen-bond acceptors (Lipinski definition) is 6. The van der Waals surface area contributed by atoms with Gasteiger partial charge < -0.3 is 9.47 Å². The van der Waals surface area contributed by atoms with Gasteiger partial charge >= 0.3 is 11.9 Å². The fourth-order valence-corrected chi connectivity index (χ4v) is 2.36. The summed E-state index contributed by atoms with van der Waals surface area (Å²) in [6, 6.07) is 0. The molecule has 0 bridgehead atoms. The molecular weight excluding hydrogens is 396 g/mol. The van der Waals surface area contributed by atoms with Gasteiger partial charge in [0, 0.05) is 26.7 Å². The van der Waals surface area contributed by atoms with Gasteiger partial charge in [0.25, 0.3) is 0 Å². The lowest BCUT2D eigenvalue weighted by atomic mass is 10.3. The number of aromatic nitrogens is 2. The minimum Gasteiger partial charge on any atom is -0.465 e. The summed E-state index contributed by atoms with van der Waals surface area (Å²) in [6.07, 6.45) is 0.936. The van der Waals surface area contributed by atoms with E-state index < -0.39 is 0 Å². The molecule has 0 aliphatic heterocycles. The Balaban J connectivity index is 2.65. The van der Waals surface area contributed by atoms with Gasteiger partial charge in [-0.25, -0.2) is 9.97 Å². The van der Waals surface area contributed by atoms with E-state index >= 15 is 0 Å². The fourth-order valence-electron chi connectivity index (χ4n) is 1.36. The van der Waals surface area contributed by atoms with E-state index in [0.717, 1.165) is 0 Å². The summed E-state index contributed by atoms with van der Waals surface area (Å²) in [6.45, 7) is 3.22.